The standard InChI is InChI=1S/C22H27N5O4/c1-22(2,3)31-21(29)27-13-14(24-20-25-16-8-4-5-9-18(16)30-20)11-17(27)19(28)26-10-6-7-15(26)12-23/h4-5,8-9,14-15,17H,6-7,10-11,13H2,1-3H3,(H,24,25)/t14-,15-,17-/m0/s1. The van der Waals surface area contributed by atoms with Gasteiger partial charge in [0.15, 0.2) is 5.58 Å². The van der Waals surface area contributed by atoms with Crippen LogP contribution in [-0.4, -0.2) is 63.6 Å². The molecule has 2 amide bonds. The van der Waals surface area contributed by atoms with Gasteiger partial charge in [-0.2, -0.15) is 10.2 Å². The number of benzene rings is 1. The molecule has 1 aromatic carbocycles. The Morgan fingerprint density at radius 3 is 2.77 bits per heavy atom. The Balaban J connectivity index is 1.54. The molecule has 0 radical (unpaired) electrons. The highest BCUT2D eigenvalue weighted by Crippen LogP contribution is 2.29. The maximum absolute atomic E-state index is 13.3. The first kappa shape index (κ1) is 21.0. The van der Waals surface area contributed by atoms with Crippen LogP contribution in [0.4, 0.5) is 10.8 Å². The molecule has 9 nitrogen and oxygen atoms in total. The van der Waals surface area contributed by atoms with E-state index in [0.717, 1.165) is 11.9 Å². The molecule has 0 saturated carbocycles. The predicted molar refractivity (Wildman–Crippen MR) is 113 cm³/mol. The number of hydrogen-bond acceptors (Lipinski definition) is 7. The maximum Gasteiger partial charge on any atom is 0.411 e. The SMILES string of the molecule is CC(C)(C)OC(=O)N1C[C@@H](Nc2nc3ccccc3o2)C[C@H]1C(=O)N1CCC[C@H]1C#N. The highest BCUT2D eigenvalue weighted by atomic mass is 16.6. The van der Waals surface area contributed by atoms with E-state index in [9.17, 15) is 14.9 Å². The van der Waals surface area contributed by atoms with Gasteiger partial charge in [0.25, 0.3) is 6.01 Å². The molecule has 3 heterocycles. The molecule has 0 bridgehead atoms. The molecule has 9 heteroatoms. The van der Waals surface area contributed by atoms with Crippen molar-refractivity contribution in [3.8, 4) is 6.07 Å². The summed E-state index contributed by atoms with van der Waals surface area (Å²) in [5.74, 6) is -0.211. The number of ether oxygens (including phenoxy) is 1. The molecule has 2 aromatic rings. The van der Waals surface area contributed by atoms with Crippen molar-refractivity contribution in [1.29, 1.82) is 5.26 Å². The molecule has 2 saturated heterocycles. The number of rotatable bonds is 3. The van der Waals surface area contributed by atoms with Crippen molar-refractivity contribution in [2.45, 2.75) is 63.8 Å². The van der Waals surface area contributed by atoms with Gasteiger partial charge in [-0.15, -0.1) is 0 Å². The minimum absolute atomic E-state index is 0.211. The van der Waals surface area contributed by atoms with Gasteiger partial charge in [-0.1, -0.05) is 12.1 Å². The first-order chi connectivity index (χ1) is 14.7. The van der Waals surface area contributed by atoms with Gasteiger partial charge in [0.05, 0.1) is 12.1 Å². The van der Waals surface area contributed by atoms with E-state index < -0.39 is 23.8 Å². The molecule has 3 atom stereocenters. The third-order valence-electron chi connectivity index (χ3n) is 5.52. The number of nitriles is 1. The molecule has 164 valence electrons. The first-order valence-electron chi connectivity index (χ1n) is 10.6. The van der Waals surface area contributed by atoms with E-state index >= 15 is 0 Å². The number of amides is 2. The minimum atomic E-state index is -0.703. The summed E-state index contributed by atoms with van der Waals surface area (Å²) in [6.45, 7) is 6.17. The summed E-state index contributed by atoms with van der Waals surface area (Å²) in [5, 5.41) is 12.6. The van der Waals surface area contributed by atoms with Gasteiger partial charge in [-0.3, -0.25) is 9.69 Å². The summed E-state index contributed by atoms with van der Waals surface area (Å²) < 4.78 is 11.3. The van der Waals surface area contributed by atoms with Crippen LogP contribution in [0.1, 0.15) is 40.0 Å². The first-order valence-corrected chi connectivity index (χ1v) is 10.6. The molecule has 0 unspecified atom stereocenters. The number of anilines is 1. The summed E-state index contributed by atoms with van der Waals surface area (Å²) >= 11 is 0. The Morgan fingerprint density at radius 2 is 2.06 bits per heavy atom. The molecule has 0 spiro atoms. The molecule has 1 N–H and O–H groups in total. The second-order valence-electron chi connectivity index (χ2n) is 9.03. The van der Waals surface area contributed by atoms with Crippen LogP contribution in [0.2, 0.25) is 0 Å². The quantitative estimate of drug-likeness (QED) is 0.804. The largest absolute Gasteiger partial charge is 0.444 e. The van der Waals surface area contributed by atoms with Crippen molar-refractivity contribution < 1.29 is 18.7 Å². The average Bonchev–Trinajstić information content (AvgIpc) is 3.43. The van der Waals surface area contributed by atoms with E-state index in [2.05, 4.69) is 16.4 Å². The summed E-state index contributed by atoms with van der Waals surface area (Å²) in [4.78, 5) is 33.6. The summed E-state index contributed by atoms with van der Waals surface area (Å²) in [6, 6.07) is 8.59. The van der Waals surface area contributed by atoms with Gasteiger partial charge in [0, 0.05) is 13.1 Å². The van der Waals surface area contributed by atoms with Crippen LogP contribution in [0.15, 0.2) is 28.7 Å². The molecule has 1 aromatic heterocycles. The van der Waals surface area contributed by atoms with Crippen LogP contribution >= 0.6 is 0 Å². The summed E-state index contributed by atoms with van der Waals surface area (Å²) in [6.07, 6.45) is 1.28. The number of nitrogens with one attached hydrogen (secondary N) is 1. The van der Waals surface area contributed by atoms with Gasteiger partial charge in [0.2, 0.25) is 5.91 Å². The van der Waals surface area contributed by atoms with E-state index in [1.807, 2.05) is 24.3 Å². The van der Waals surface area contributed by atoms with Crippen LogP contribution in [0, 0.1) is 11.3 Å². The number of oxazole rings is 1. The Kier molecular flexibility index (Phi) is 5.48. The van der Waals surface area contributed by atoms with Crippen LogP contribution < -0.4 is 5.32 Å². The Morgan fingerprint density at radius 1 is 1.29 bits per heavy atom. The number of likely N-dealkylation sites (tertiary alicyclic amines) is 2. The van der Waals surface area contributed by atoms with Crippen molar-refractivity contribution in [1.82, 2.24) is 14.8 Å². The van der Waals surface area contributed by atoms with Gasteiger partial charge in [-0.05, 0) is 52.2 Å². The molecular formula is C22H27N5O4. The lowest BCUT2D eigenvalue weighted by molar-refractivity contribution is -0.135. The van der Waals surface area contributed by atoms with Crippen molar-refractivity contribution in [3.05, 3.63) is 24.3 Å². The average molecular weight is 425 g/mol. The van der Waals surface area contributed by atoms with Crippen molar-refractivity contribution in [3.63, 3.8) is 0 Å². The lowest BCUT2D eigenvalue weighted by atomic mass is 10.1. The zero-order valence-corrected chi connectivity index (χ0v) is 18.0. The van der Waals surface area contributed by atoms with E-state index in [-0.39, 0.29) is 18.5 Å². The number of aromatic nitrogens is 1. The summed E-state index contributed by atoms with van der Waals surface area (Å²) in [7, 11) is 0. The van der Waals surface area contributed by atoms with Crippen LogP contribution in [0.25, 0.3) is 11.1 Å². The van der Waals surface area contributed by atoms with Crippen molar-refractivity contribution in [2.24, 2.45) is 0 Å². The van der Waals surface area contributed by atoms with Crippen LogP contribution in [-0.2, 0) is 9.53 Å². The van der Waals surface area contributed by atoms with Gasteiger partial charge in [0.1, 0.15) is 23.2 Å². The number of fused-ring (bicyclic) bond motifs is 1. The fourth-order valence-electron chi connectivity index (χ4n) is 4.16. The Hall–Kier alpha value is -3.28. The summed E-state index contributed by atoms with van der Waals surface area (Å²) in [5.41, 5.74) is 0.710. The highest BCUT2D eigenvalue weighted by Gasteiger charge is 2.45. The molecule has 2 aliphatic heterocycles. The van der Waals surface area contributed by atoms with Gasteiger partial charge < -0.3 is 19.4 Å². The second-order valence-corrected chi connectivity index (χ2v) is 9.03. The van der Waals surface area contributed by atoms with Gasteiger partial charge >= 0.3 is 6.09 Å². The fraction of sp³-hybridized carbons (Fsp3) is 0.545. The predicted octanol–water partition coefficient (Wildman–Crippen LogP) is 3.13. The lowest BCUT2D eigenvalue weighted by Gasteiger charge is -2.30. The van der Waals surface area contributed by atoms with E-state index in [0.29, 0.717) is 31.0 Å². The van der Waals surface area contributed by atoms with E-state index in [1.165, 1.54) is 4.90 Å². The topological polar surface area (TPSA) is 112 Å². The maximum atomic E-state index is 13.3. The molecule has 4 rings (SSSR count). The third kappa shape index (κ3) is 4.43. The van der Waals surface area contributed by atoms with Crippen LogP contribution in [0.5, 0.6) is 0 Å². The number of para-hydroxylation sites is 2. The van der Waals surface area contributed by atoms with Crippen molar-refractivity contribution in [2.75, 3.05) is 18.4 Å². The Labute approximate surface area is 180 Å². The van der Waals surface area contributed by atoms with E-state index in [4.69, 9.17) is 9.15 Å². The number of hydrogen-bond donors (Lipinski definition) is 1. The smallest absolute Gasteiger partial charge is 0.411 e. The minimum Gasteiger partial charge on any atom is -0.444 e. The van der Waals surface area contributed by atoms with Crippen molar-refractivity contribution >= 4 is 29.1 Å². The second kappa shape index (κ2) is 8.10. The van der Waals surface area contributed by atoms with E-state index in [1.54, 1.807) is 25.7 Å². The Bertz CT molecular complexity index is 988. The fourth-order valence-corrected chi connectivity index (χ4v) is 4.16. The molecular weight excluding hydrogens is 398 g/mol. The highest BCUT2D eigenvalue weighted by molar-refractivity contribution is 5.87. The third-order valence-corrected chi connectivity index (χ3v) is 5.52. The molecule has 0 aliphatic carbocycles. The molecule has 31 heavy (non-hydrogen) atoms. The normalized spacial score (nSPS) is 23.7. The monoisotopic (exact) mass is 425 g/mol. The molecule has 2 aliphatic rings. The lowest BCUT2D eigenvalue weighted by Crippen LogP contribution is -2.50. The number of carbonyl (C=O) groups excluding carboxylic acids is 2. The molecule has 2 fully saturated rings. The van der Waals surface area contributed by atoms with Gasteiger partial charge in [-0.25, -0.2) is 4.79 Å². The number of carbonyl (C=O) groups is 2. The number of nitrogens with zero attached hydrogens (tertiary/aromatic N) is 4. The van der Waals surface area contributed by atoms with Crippen LogP contribution in [0.3, 0.4) is 0 Å². The zero-order chi connectivity index (χ0) is 22.2. The zero-order valence-electron chi connectivity index (χ0n) is 18.0.